The molecule has 26 heavy (non-hydrogen) atoms. The fourth-order valence-electron chi connectivity index (χ4n) is 3.78. The van der Waals surface area contributed by atoms with E-state index in [0.717, 1.165) is 30.8 Å². The Hall–Kier alpha value is -2.66. The van der Waals surface area contributed by atoms with Gasteiger partial charge in [-0.05, 0) is 47.7 Å². The van der Waals surface area contributed by atoms with Gasteiger partial charge in [-0.3, -0.25) is 4.79 Å². The van der Waals surface area contributed by atoms with Crippen molar-refractivity contribution >= 4 is 16.5 Å². The maximum Gasteiger partial charge on any atom is 0.269 e. The van der Waals surface area contributed by atoms with Gasteiger partial charge < -0.3 is 10.6 Å². The number of hydrogen-bond acceptors (Lipinski definition) is 4. The second-order valence-corrected chi connectivity index (χ2v) is 7.13. The van der Waals surface area contributed by atoms with Crippen molar-refractivity contribution in [1.82, 2.24) is 9.78 Å². The average Bonchev–Trinajstić information content (AvgIpc) is 3.14. The molecule has 1 saturated heterocycles. The third kappa shape index (κ3) is 3.10. The number of anilines is 1. The van der Waals surface area contributed by atoms with E-state index < -0.39 is 0 Å². The van der Waals surface area contributed by atoms with Crippen LogP contribution in [0.15, 0.2) is 53.5 Å². The molecule has 2 aromatic carbocycles. The molecule has 2 heterocycles. The van der Waals surface area contributed by atoms with Crippen LogP contribution in [0.3, 0.4) is 0 Å². The third-order valence-corrected chi connectivity index (χ3v) is 5.42. The van der Waals surface area contributed by atoms with E-state index >= 15 is 0 Å². The summed E-state index contributed by atoms with van der Waals surface area (Å²) in [6, 6.07) is 14.2. The zero-order valence-electron chi connectivity index (χ0n) is 15.1. The van der Waals surface area contributed by atoms with Crippen molar-refractivity contribution in [1.29, 1.82) is 0 Å². The van der Waals surface area contributed by atoms with E-state index in [1.807, 2.05) is 12.1 Å². The summed E-state index contributed by atoms with van der Waals surface area (Å²) in [5.41, 5.74) is 8.92. The topological polar surface area (TPSA) is 64.2 Å². The summed E-state index contributed by atoms with van der Waals surface area (Å²) in [7, 11) is 0. The highest BCUT2D eigenvalue weighted by atomic mass is 16.1. The van der Waals surface area contributed by atoms with Gasteiger partial charge in [-0.15, -0.1) is 0 Å². The fraction of sp³-hybridized carbons (Fsp3) is 0.333. The Morgan fingerprint density at radius 3 is 2.85 bits per heavy atom. The number of benzene rings is 2. The van der Waals surface area contributed by atoms with Gasteiger partial charge in [-0.1, -0.05) is 36.4 Å². The summed E-state index contributed by atoms with van der Waals surface area (Å²) in [6.45, 7) is 5.11. The Morgan fingerprint density at radius 2 is 2.08 bits per heavy atom. The first-order chi connectivity index (χ1) is 12.7. The van der Waals surface area contributed by atoms with Crippen LogP contribution in [0.2, 0.25) is 0 Å². The number of aryl methyl sites for hydroxylation is 1. The molecular weight excluding hydrogens is 324 g/mol. The molecule has 1 fully saturated rings. The van der Waals surface area contributed by atoms with E-state index in [4.69, 9.17) is 5.73 Å². The average molecular weight is 348 g/mol. The van der Waals surface area contributed by atoms with Crippen LogP contribution in [0.5, 0.6) is 0 Å². The minimum Gasteiger partial charge on any atom is -0.370 e. The van der Waals surface area contributed by atoms with Crippen LogP contribution in [0, 0.1) is 12.8 Å². The summed E-state index contributed by atoms with van der Waals surface area (Å²) >= 11 is 0. The molecule has 134 valence electrons. The second kappa shape index (κ2) is 6.92. The lowest BCUT2D eigenvalue weighted by Gasteiger charge is -2.18. The molecule has 0 saturated carbocycles. The first kappa shape index (κ1) is 16.8. The van der Waals surface area contributed by atoms with Gasteiger partial charge in [0.15, 0.2) is 0 Å². The normalized spacial score (nSPS) is 17.2. The standard InChI is InChI=1S/C21H24N4O/c1-15-6-7-17-4-2-3-5-19(17)20(15)14-25-21(26)10-18(12-23-25)24-9-8-16(11-22)13-24/h2-7,10,12,16H,8-9,11,13-14,22H2,1H3/t16-/m1/s1. The third-order valence-electron chi connectivity index (χ3n) is 5.42. The quantitative estimate of drug-likeness (QED) is 0.787. The van der Waals surface area contributed by atoms with Crippen molar-refractivity contribution in [2.75, 3.05) is 24.5 Å². The van der Waals surface area contributed by atoms with Gasteiger partial charge in [0, 0.05) is 19.2 Å². The minimum atomic E-state index is -0.0639. The molecule has 1 aliphatic rings. The van der Waals surface area contributed by atoms with E-state index in [0.29, 0.717) is 19.0 Å². The van der Waals surface area contributed by atoms with Gasteiger partial charge in [-0.2, -0.15) is 5.10 Å². The van der Waals surface area contributed by atoms with Crippen molar-refractivity contribution in [2.45, 2.75) is 19.9 Å². The first-order valence-electron chi connectivity index (χ1n) is 9.15. The Bertz CT molecular complexity index is 995. The van der Waals surface area contributed by atoms with Crippen molar-refractivity contribution in [3.05, 3.63) is 70.1 Å². The van der Waals surface area contributed by atoms with Crippen LogP contribution in [0.1, 0.15) is 17.5 Å². The molecule has 5 heteroatoms. The molecule has 0 bridgehead atoms. The highest BCUT2D eigenvalue weighted by Crippen LogP contribution is 2.23. The molecule has 1 aliphatic heterocycles. The first-order valence-corrected chi connectivity index (χ1v) is 9.15. The largest absolute Gasteiger partial charge is 0.370 e. The Kier molecular flexibility index (Phi) is 4.47. The van der Waals surface area contributed by atoms with E-state index in [-0.39, 0.29) is 5.56 Å². The molecule has 0 radical (unpaired) electrons. The van der Waals surface area contributed by atoms with Crippen molar-refractivity contribution in [3.63, 3.8) is 0 Å². The zero-order chi connectivity index (χ0) is 18.1. The summed E-state index contributed by atoms with van der Waals surface area (Å²) in [6.07, 6.45) is 2.88. The SMILES string of the molecule is Cc1ccc2ccccc2c1Cn1ncc(N2CC[C@H](CN)C2)cc1=O. The molecule has 0 aliphatic carbocycles. The van der Waals surface area contributed by atoms with Gasteiger partial charge in [0.25, 0.3) is 5.56 Å². The zero-order valence-corrected chi connectivity index (χ0v) is 15.1. The lowest BCUT2D eigenvalue weighted by molar-refractivity contribution is 0.601. The Morgan fingerprint density at radius 1 is 1.23 bits per heavy atom. The molecule has 1 aromatic heterocycles. The van der Waals surface area contributed by atoms with Crippen LogP contribution < -0.4 is 16.2 Å². The summed E-state index contributed by atoms with van der Waals surface area (Å²) < 4.78 is 1.55. The lowest BCUT2D eigenvalue weighted by Crippen LogP contribution is -2.28. The highest BCUT2D eigenvalue weighted by Gasteiger charge is 2.22. The molecule has 0 unspecified atom stereocenters. The summed E-state index contributed by atoms with van der Waals surface area (Å²) in [4.78, 5) is 14.9. The summed E-state index contributed by atoms with van der Waals surface area (Å²) in [5, 5.41) is 6.81. The van der Waals surface area contributed by atoms with Crippen LogP contribution >= 0.6 is 0 Å². The maximum atomic E-state index is 12.6. The van der Waals surface area contributed by atoms with Crippen LogP contribution in [0.4, 0.5) is 5.69 Å². The van der Waals surface area contributed by atoms with Crippen LogP contribution in [0.25, 0.3) is 10.8 Å². The fourth-order valence-corrected chi connectivity index (χ4v) is 3.78. The molecule has 0 amide bonds. The molecule has 4 rings (SSSR count). The number of nitrogens with two attached hydrogens (primary N) is 1. The van der Waals surface area contributed by atoms with E-state index in [2.05, 4.69) is 41.2 Å². The van der Waals surface area contributed by atoms with Gasteiger partial charge in [-0.25, -0.2) is 4.68 Å². The summed E-state index contributed by atoms with van der Waals surface area (Å²) in [5.74, 6) is 0.510. The van der Waals surface area contributed by atoms with Crippen molar-refractivity contribution < 1.29 is 0 Å². The van der Waals surface area contributed by atoms with Gasteiger partial charge in [0.05, 0.1) is 18.4 Å². The number of aromatic nitrogens is 2. The predicted molar refractivity (Wildman–Crippen MR) is 106 cm³/mol. The van der Waals surface area contributed by atoms with Crippen molar-refractivity contribution in [2.24, 2.45) is 11.7 Å². The number of hydrogen-bond donors (Lipinski definition) is 1. The maximum absolute atomic E-state index is 12.6. The Balaban J connectivity index is 1.64. The molecule has 1 atom stereocenters. The lowest BCUT2D eigenvalue weighted by atomic mass is 10.00. The second-order valence-electron chi connectivity index (χ2n) is 7.13. The van der Waals surface area contributed by atoms with Gasteiger partial charge in [0.1, 0.15) is 0 Å². The number of fused-ring (bicyclic) bond motifs is 1. The van der Waals surface area contributed by atoms with E-state index in [1.54, 1.807) is 16.9 Å². The van der Waals surface area contributed by atoms with Gasteiger partial charge in [0.2, 0.25) is 0 Å². The van der Waals surface area contributed by atoms with Crippen LogP contribution in [-0.2, 0) is 6.54 Å². The van der Waals surface area contributed by atoms with E-state index in [9.17, 15) is 4.79 Å². The highest BCUT2D eigenvalue weighted by molar-refractivity contribution is 5.86. The predicted octanol–water partition coefficient (Wildman–Crippen LogP) is 2.54. The minimum absolute atomic E-state index is 0.0639. The Labute approximate surface area is 153 Å². The van der Waals surface area contributed by atoms with E-state index in [1.165, 1.54) is 16.3 Å². The molecule has 3 aromatic rings. The molecule has 0 spiro atoms. The molecular formula is C21H24N4O. The van der Waals surface area contributed by atoms with Crippen molar-refractivity contribution in [3.8, 4) is 0 Å². The monoisotopic (exact) mass is 348 g/mol. The smallest absolute Gasteiger partial charge is 0.269 e. The number of rotatable bonds is 4. The van der Waals surface area contributed by atoms with Gasteiger partial charge >= 0.3 is 0 Å². The molecule has 5 nitrogen and oxygen atoms in total. The van der Waals surface area contributed by atoms with Crippen LogP contribution in [-0.4, -0.2) is 29.4 Å². The molecule has 2 N–H and O–H groups in total. The number of nitrogens with zero attached hydrogens (tertiary/aromatic N) is 3.